The molecule has 0 aromatic heterocycles. The molecule has 0 saturated heterocycles. The van der Waals surface area contributed by atoms with E-state index in [2.05, 4.69) is 26.6 Å². The van der Waals surface area contributed by atoms with Crippen LogP contribution in [-0.4, -0.2) is 45.2 Å². The Morgan fingerprint density at radius 1 is 1.07 bits per heavy atom. The van der Waals surface area contributed by atoms with Crippen LogP contribution < -0.4 is 10.6 Å². The monoisotopic (exact) mass is 467 g/mol. The highest BCUT2D eigenvalue weighted by Crippen LogP contribution is 2.26. The molecule has 0 aliphatic carbocycles. The molecule has 2 rings (SSSR count). The quantitative estimate of drug-likeness (QED) is 0.653. The molecule has 0 atom stereocenters. The molecule has 2 aromatic rings. The number of amides is 2. The van der Waals surface area contributed by atoms with E-state index in [4.69, 9.17) is 0 Å². The molecule has 0 radical (unpaired) electrons. The molecular weight excluding hydrogens is 446 g/mol. The minimum atomic E-state index is -3.73. The number of nitrogens with zero attached hydrogens (tertiary/aromatic N) is 1. The highest BCUT2D eigenvalue weighted by atomic mass is 79.9. The molecule has 0 unspecified atom stereocenters. The maximum absolute atomic E-state index is 12.7. The molecule has 0 aliphatic rings. The third-order valence-electron chi connectivity index (χ3n) is 3.91. The van der Waals surface area contributed by atoms with Gasteiger partial charge in [0.15, 0.2) is 0 Å². The van der Waals surface area contributed by atoms with Gasteiger partial charge < -0.3 is 10.6 Å². The van der Waals surface area contributed by atoms with Gasteiger partial charge in [0.2, 0.25) is 10.0 Å². The molecule has 7 nitrogen and oxygen atoms in total. The van der Waals surface area contributed by atoms with Crippen LogP contribution in [0.1, 0.15) is 34.1 Å². The highest BCUT2D eigenvalue weighted by Gasteiger charge is 2.22. The smallest absolute Gasteiger partial charge is 0.255 e. The molecule has 0 spiro atoms. The number of nitrogens with one attached hydrogen (secondary N) is 2. The maximum Gasteiger partial charge on any atom is 0.255 e. The number of anilines is 1. The zero-order valence-corrected chi connectivity index (χ0v) is 18.2. The van der Waals surface area contributed by atoms with Gasteiger partial charge in [-0.25, -0.2) is 12.7 Å². The van der Waals surface area contributed by atoms with E-state index in [1.807, 2.05) is 6.92 Å². The zero-order valence-electron chi connectivity index (χ0n) is 15.8. The largest absolute Gasteiger partial charge is 0.352 e. The first kappa shape index (κ1) is 22.1. The first-order valence-electron chi connectivity index (χ1n) is 8.59. The summed E-state index contributed by atoms with van der Waals surface area (Å²) in [5, 5.41) is 5.46. The van der Waals surface area contributed by atoms with Gasteiger partial charge in [-0.1, -0.05) is 19.1 Å². The fourth-order valence-corrected chi connectivity index (χ4v) is 4.20. The number of hydrogen-bond donors (Lipinski definition) is 2. The van der Waals surface area contributed by atoms with Crippen LogP contribution in [-0.2, 0) is 10.0 Å². The van der Waals surface area contributed by atoms with Gasteiger partial charge in [0.25, 0.3) is 11.8 Å². The van der Waals surface area contributed by atoms with Crippen LogP contribution in [0.3, 0.4) is 0 Å². The molecule has 9 heteroatoms. The van der Waals surface area contributed by atoms with Crippen molar-refractivity contribution in [1.29, 1.82) is 0 Å². The third kappa shape index (κ3) is 4.98. The van der Waals surface area contributed by atoms with E-state index in [0.717, 1.165) is 10.7 Å². The number of hydrogen-bond acceptors (Lipinski definition) is 4. The Balaban J connectivity index is 2.34. The van der Waals surface area contributed by atoms with Crippen molar-refractivity contribution in [1.82, 2.24) is 9.62 Å². The molecule has 0 fully saturated rings. The van der Waals surface area contributed by atoms with Crippen molar-refractivity contribution in [3.8, 4) is 0 Å². The Kier molecular flexibility index (Phi) is 7.34. The van der Waals surface area contributed by atoms with Crippen molar-refractivity contribution in [2.75, 3.05) is 26.0 Å². The van der Waals surface area contributed by atoms with E-state index >= 15 is 0 Å². The van der Waals surface area contributed by atoms with E-state index in [-0.39, 0.29) is 16.4 Å². The lowest BCUT2D eigenvalue weighted by Gasteiger charge is -2.15. The van der Waals surface area contributed by atoms with Crippen LogP contribution in [0.15, 0.2) is 51.8 Å². The number of sulfonamides is 1. The second-order valence-electron chi connectivity index (χ2n) is 6.19. The fourth-order valence-electron chi connectivity index (χ4n) is 2.36. The maximum atomic E-state index is 12.7. The molecule has 28 heavy (non-hydrogen) atoms. The van der Waals surface area contributed by atoms with Crippen LogP contribution >= 0.6 is 15.9 Å². The molecule has 2 amide bonds. The van der Waals surface area contributed by atoms with Crippen LogP contribution in [0.4, 0.5) is 5.69 Å². The summed E-state index contributed by atoms with van der Waals surface area (Å²) >= 11 is 3.21. The SMILES string of the molecule is CCCNC(=O)c1ccccc1NC(=O)c1ccc(Br)c(S(=O)(=O)N(C)C)c1. The minimum Gasteiger partial charge on any atom is -0.352 e. The number of rotatable bonds is 7. The van der Waals surface area contributed by atoms with E-state index in [0.29, 0.717) is 22.3 Å². The Morgan fingerprint density at radius 2 is 1.75 bits per heavy atom. The predicted molar refractivity (Wildman–Crippen MR) is 112 cm³/mol. The predicted octanol–water partition coefficient (Wildman–Crippen LogP) is 3.09. The summed E-state index contributed by atoms with van der Waals surface area (Å²) < 4.78 is 26.3. The fraction of sp³-hybridized carbons (Fsp3) is 0.263. The number of carbonyl (C=O) groups is 2. The van der Waals surface area contributed by atoms with Crippen molar-refractivity contribution in [3.63, 3.8) is 0 Å². The molecule has 2 aromatic carbocycles. The number of para-hydroxylation sites is 1. The molecule has 0 bridgehead atoms. The lowest BCUT2D eigenvalue weighted by Crippen LogP contribution is -2.26. The van der Waals surface area contributed by atoms with Crippen LogP contribution in [0.25, 0.3) is 0 Å². The Bertz CT molecular complexity index is 990. The topological polar surface area (TPSA) is 95.6 Å². The van der Waals surface area contributed by atoms with Crippen molar-refractivity contribution < 1.29 is 18.0 Å². The molecular formula is C19H22BrN3O4S. The van der Waals surface area contributed by atoms with Gasteiger partial charge in [0.05, 0.1) is 16.1 Å². The first-order chi connectivity index (χ1) is 13.2. The normalized spacial score (nSPS) is 11.3. The van der Waals surface area contributed by atoms with Gasteiger partial charge in [-0.2, -0.15) is 0 Å². The van der Waals surface area contributed by atoms with Gasteiger partial charge >= 0.3 is 0 Å². The summed E-state index contributed by atoms with van der Waals surface area (Å²) in [6.45, 7) is 2.47. The lowest BCUT2D eigenvalue weighted by atomic mass is 10.1. The van der Waals surface area contributed by atoms with Crippen molar-refractivity contribution >= 4 is 43.5 Å². The van der Waals surface area contributed by atoms with Crippen molar-refractivity contribution in [2.45, 2.75) is 18.2 Å². The zero-order chi connectivity index (χ0) is 20.9. The molecule has 2 N–H and O–H groups in total. The Labute approximate surface area is 173 Å². The average molecular weight is 468 g/mol. The summed E-state index contributed by atoms with van der Waals surface area (Å²) in [4.78, 5) is 25.0. The van der Waals surface area contributed by atoms with E-state index in [9.17, 15) is 18.0 Å². The Hall–Kier alpha value is -2.23. The second-order valence-corrected chi connectivity index (χ2v) is 9.16. The van der Waals surface area contributed by atoms with Gasteiger partial charge in [-0.15, -0.1) is 0 Å². The van der Waals surface area contributed by atoms with Gasteiger partial charge in [-0.05, 0) is 52.7 Å². The van der Waals surface area contributed by atoms with Crippen molar-refractivity contribution in [3.05, 3.63) is 58.1 Å². The van der Waals surface area contributed by atoms with Gasteiger partial charge in [-0.3, -0.25) is 9.59 Å². The summed E-state index contributed by atoms with van der Waals surface area (Å²) in [6, 6.07) is 11.0. The molecule has 0 aliphatic heterocycles. The van der Waals surface area contributed by atoms with E-state index in [1.165, 1.54) is 32.3 Å². The molecule has 150 valence electrons. The first-order valence-corrected chi connectivity index (χ1v) is 10.8. The van der Waals surface area contributed by atoms with Crippen molar-refractivity contribution in [2.24, 2.45) is 0 Å². The van der Waals surface area contributed by atoms with Gasteiger partial charge in [0.1, 0.15) is 0 Å². The molecule has 0 saturated carbocycles. The highest BCUT2D eigenvalue weighted by molar-refractivity contribution is 9.10. The van der Waals surface area contributed by atoms with E-state index in [1.54, 1.807) is 24.3 Å². The average Bonchev–Trinajstić information content (AvgIpc) is 2.66. The minimum absolute atomic E-state index is 0.0147. The summed E-state index contributed by atoms with van der Waals surface area (Å²) in [5.74, 6) is -0.803. The summed E-state index contributed by atoms with van der Waals surface area (Å²) in [6.07, 6.45) is 0.794. The Morgan fingerprint density at radius 3 is 2.39 bits per heavy atom. The van der Waals surface area contributed by atoms with Crippen LogP contribution in [0, 0.1) is 0 Å². The van der Waals surface area contributed by atoms with Crippen LogP contribution in [0.5, 0.6) is 0 Å². The summed E-state index contributed by atoms with van der Waals surface area (Å²) in [5.41, 5.74) is 0.844. The lowest BCUT2D eigenvalue weighted by molar-refractivity contribution is 0.0954. The second kappa shape index (κ2) is 9.31. The van der Waals surface area contributed by atoms with E-state index < -0.39 is 15.9 Å². The summed E-state index contributed by atoms with van der Waals surface area (Å²) in [7, 11) is -0.893. The van der Waals surface area contributed by atoms with Crippen LogP contribution in [0.2, 0.25) is 0 Å². The standard InChI is InChI=1S/C19H22BrN3O4S/c1-4-11-21-19(25)14-7-5-6-8-16(14)22-18(24)13-9-10-15(20)17(12-13)28(26,27)23(2)3/h5-10,12H,4,11H2,1-3H3,(H,21,25)(H,22,24). The third-order valence-corrected chi connectivity index (χ3v) is 6.72. The number of carbonyl (C=O) groups excluding carboxylic acids is 2. The number of halogens is 1. The molecule has 0 heterocycles. The number of benzene rings is 2. The van der Waals surface area contributed by atoms with Gasteiger partial charge in [0, 0.05) is 30.7 Å².